The minimum atomic E-state index is -0.555. The van der Waals surface area contributed by atoms with Gasteiger partial charge in [0.15, 0.2) is 0 Å². The number of carbonyl (C=O) groups is 1. The predicted molar refractivity (Wildman–Crippen MR) is 78.6 cm³/mol. The quantitative estimate of drug-likeness (QED) is 0.612. The summed E-state index contributed by atoms with van der Waals surface area (Å²) in [6, 6.07) is 3.62. The number of carbonyl (C=O) groups excluding carboxylic acids is 1. The third-order valence-corrected chi connectivity index (χ3v) is 3.41. The molecule has 20 heavy (non-hydrogen) atoms. The molecule has 1 aromatic carbocycles. The first-order valence-electron chi connectivity index (χ1n) is 6.20. The van der Waals surface area contributed by atoms with E-state index in [0.29, 0.717) is 16.8 Å². The van der Waals surface area contributed by atoms with Gasteiger partial charge in [0.2, 0.25) is 0 Å². The van der Waals surface area contributed by atoms with Crippen LogP contribution in [0.5, 0.6) is 0 Å². The van der Waals surface area contributed by atoms with Gasteiger partial charge in [0, 0.05) is 16.6 Å². The van der Waals surface area contributed by atoms with Crippen molar-refractivity contribution < 1.29 is 14.8 Å². The predicted octanol–water partition coefficient (Wildman–Crippen LogP) is 2.49. The number of nitrogens with zero attached hydrogens (tertiary/aromatic N) is 1. The lowest BCUT2D eigenvalue weighted by atomic mass is 10.0. The minimum Gasteiger partial charge on any atom is -0.394 e. The van der Waals surface area contributed by atoms with E-state index in [2.05, 4.69) is 21.2 Å². The minimum absolute atomic E-state index is 0.150. The van der Waals surface area contributed by atoms with Gasteiger partial charge in [-0.3, -0.25) is 14.9 Å². The van der Waals surface area contributed by atoms with Crippen LogP contribution in [0.3, 0.4) is 0 Å². The van der Waals surface area contributed by atoms with E-state index in [1.54, 1.807) is 0 Å². The Kier molecular flexibility index (Phi) is 6.09. The highest BCUT2D eigenvalue weighted by Gasteiger charge is 2.19. The fourth-order valence-corrected chi connectivity index (χ4v) is 2.24. The van der Waals surface area contributed by atoms with Crippen molar-refractivity contribution in [3.8, 4) is 0 Å². The van der Waals surface area contributed by atoms with Crippen LogP contribution in [-0.2, 0) is 0 Å². The molecule has 1 atom stereocenters. The van der Waals surface area contributed by atoms with Crippen molar-refractivity contribution in [2.24, 2.45) is 5.92 Å². The maximum atomic E-state index is 12.1. The molecule has 7 heteroatoms. The number of aliphatic hydroxyl groups is 1. The maximum absolute atomic E-state index is 12.1. The second-order valence-electron chi connectivity index (χ2n) is 4.90. The third kappa shape index (κ3) is 4.57. The molecule has 0 spiro atoms. The van der Waals surface area contributed by atoms with E-state index in [4.69, 9.17) is 0 Å². The zero-order chi connectivity index (χ0) is 15.3. The summed E-state index contributed by atoms with van der Waals surface area (Å²) < 4.78 is 0.474. The van der Waals surface area contributed by atoms with Crippen molar-refractivity contribution in [3.63, 3.8) is 0 Å². The van der Waals surface area contributed by atoms with Crippen LogP contribution >= 0.6 is 15.9 Å². The topological polar surface area (TPSA) is 92.5 Å². The molecule has 0 radical (unpaired) electrons. The van der Waals surface area contributed by atoms with Gasteiger partial charge in [0.25, 0.3) is 11.6 Å². The molecule has 0 saturated heterocycles. The number of hydrogen-bond donors (Lipinski definition) is 2. The molecule has 1 rings (SSSR count). The molecule has 1 amide bonds. The zero-order valence-electron chi connectivity index (χ0n) is 11.3. The summed E-state index contributed by atoms with van der Waals surface area (Å²) in [6.07, 6.45) is 0.634. The third-order valence-electron chi connectivity index (χ3n) is 2.72. The first kappa shape index (κ1) is 16.6. The van der Waals surface area contributed by atoms with Gasteiger partial charge in [-0.25, -0.2) is 0 Å². The average Bonchev–Trinajstić information content (AvgIpc) is 2.37. The number of nitrogens with one attached hydrogen (secondary N) is 1. The van der Waals surface area contributed by atoms with E-state index in [1.807, 2.05) is 13.8 Å². The van der Waals surface area contributed by atoms with Gasteiger partial charge >= 0.3 is 0 Å². The van der Waals surface area contributed by atoms with Crippen molar-refractivity contribution in [3.05, 3.63) is 38.3 Å². The molecular weight excluding hydrogens is 328 g/mol. The van der Waals surface area contributed by atoms with E-state index < -0.39 is 10.8 Å². The lowest BCUT2D eigenvalue weighted by molar-refractivity contribution is -0.384. The molecule has 2 N–H and O–H groups in total. The van der Waals surface area contributed by atoms with Gasteiger partial charge in [-0.05, 0) is 34.3 Å². The highest BCUT2D eigenvalue weighted by Crippen LogP contribution is 2.22. The summed E-state index contributed by atoms with van der Waals surface area (Å²) >= 11 is 3.20. The molecule has 110 valence electrons. The summed E-state index contributed by atoms with van der Waals surface area (Å²) in [4.78, 5) is 22.3. The number of nitro benzene ring substituents is 1. The van der Waals surface area contributed by atoms with Crippen LogP contribution < -0.4 is 5.32 Å². The molecule has 1 unspecified atom stereocenters. The molecule has 0 saturated carbocycles. The monoisotopic (exact) mass is 344 g/mol. The van der Waals surface area contributed by atoms with Gasteiger partial charge in [-0.2, -0.15) is 0 Å². The molecule has 0 aliphatic carbocycles. The van der Waals surface area contributed by atoms with Crippen molar-refractivity contribution >= 4 is 27.5 Å². The van der Waals surface area contributed by atoms with Crippen LogP contribution in [0.1, 0.15) is 30.6 Å². The number of nitro groups is 1. The Bertz CT molecular complexity index is 505. The Hall–Kier alpha value is -1.47. The van der Waals surface area contributed by atoms with E-state index in [0.717, 1.165) is 0 Å². The lowest BCUT2D eigenvalue weighted by Crippen LogP contribution is -2.38. The second-order valence-corrected chi connectivity index (χ2v) is 5.76. The standard InChI is InChI=1S/C13H17BrN2O4/c1-8(2)5-9(7-17)15-13(18)11-6-10(16(19)20)3-4-12(11)14/h3-4,6,8-9,17H,5,7H2,1-2H3,(H,15,18). The summed E-state index contributed by atoms with van der Waals surface area (Å²) in [5.74, 6) is -0.124. The highest BCUT2D eigenvalue weighted by atomic mass is 79.9. The van der Waals surface area contributed by atoms with Gasteiger partial charge < -0.3 is 10.4 Å². The molecule has 0 heterocycles. The maximum Gasteiger partial charge on any atom is 0.270 e. The van der Waals surface area contributed by atoms with Gasteiger partial charge in [0.1, 0.15) is 0 Å². The van der Waals surface area contributed by atoms with Crippen LogP contribution in [0.15, 0.2) is 22.7 Å². The Morgan fingerprint density at radius 2 is 2.15 bits per heavy atom. The van der Waals surface area contributed by atoms with Gasteiger partial charge in [-0.15, -0.1) is 0 Å². The Labute approximate surface area is 125 Å². The Balaban J connectivity index is 2.91. The molecule has 0 aromatic heterocycles. The summed E-state index contributed by atoms with van der Waals surface area (Å²) in [7, 11) is 0. The number of halogens is 1. The average molecular weight is 345 g/mol. The fourth-order valence-electron chi connectivity index (χ4n) is 1.81. The van der Waals surface area contributed by atoms with Crippen LogP contribution in [0, 0.1) is 16.0 Å². The van der Waals surface area contributed by atoms with Crippen LogP contribution in [0.2, 0.25) is 0 Å². The van der Waals surface area contributed by atoms with Crippen LogP contribution in [0.25, 0.3) is 0 Å². The number of rotatable bonds is 6. The Morgan fingerprint density at radius 3 is 2.65 bits per heavy atom. The fraction of sp³-hybridized carbons (Fsp3) is 0.462. The van der Waals surface area contributed by atoms with Crippen LogP contribution in [-0.4, -0.2) is 28.6 Å². The molecule has 0 aliphatic rings. The molecule has 1 aromatic rings. The number of aliphatic hydroxyl groups excluding tert-OH is 1. The molecule has 0 aliphatic heterocycles. The summed E-state index contributed by atoms with van der Waals surface area (Å²) in [5.41, 5.74) is 0.0316. The lowest BCUT2D eigenvalue weighted by Gasteiger charge is -2.18. The molecule has 6 nitrogen and oxygen atoms in total. The number of non-ortho nitro benzene ring substituents is 1. The highest BCUT2D eigenvalue weighted by molar-refractivity contribution is 9.10. The molecular formula is C13H17BrN2O4. The first-order chi connectivity index (χ1) is 9.35. The molecule has 0 fully saturated rings. The summed E-state index contributed by atoms with van der Waals surface area (Å²) in [6.45, 7) is 3.80. The van der Waals surface area contributed by atoms with Crippen molar-refractivity contribution in [1.82, 2.24) is 5.32 Å². The van der Waals surface area contributed by atoms with E-state index >= 15 is 0 Å². The Morgan fingerprint density at radius 1 is 1.50 bits per heavy atom. The number of benzene rings is 1. The largest absolute Gasteiger partial charge is 0.394 e. The van der Waals surface area contributed by atoms with Crippen molar-refractivity contribution in [2.75, 3.05) is 6.61 Å². The van der Waals surface area contributed by atoms with E-state index in [-0.39, 0.29) is 23.9 Å². The van der Waals surface area contributed by atoms with E-state index in [9.17, 15) is 20.0 Å². The van der Waals surface area contributed by atoms with Crippen molar-refractivity contribution in [2.45, 2.75) is 26.3 Å². The van der Waals surface area contributed by atoms with Gasteiger partial charge in [-0.1, -0.05) is 13.8 Å². The molecule has 0 bridgehead atoms. The second kappa shape index (κ2) is 7.35. The summed E-state index contributed by atoms with van der Waals surface area (Å²) in [5, 5.41) is 22.7. The SMILES string of the molecule is CC(C)CC(CO)NC(=O)c1cc([N+](=O)[O-])ccc1Br. The normalized spacial score (nSPS) is 12.2. The first-order valence-corrected chi connectivity index (χ1v) is 7.00. The van der Waals surface area contributed by atoms with Gasteiger partial charge in [0.05, 0.1) is 23.1 Å². The van der Waals surface area contributed by atoms with Crippen molar-refractivity contribution in [1.29, 1.82) is 0 Å². The smallest absolute Gasteiger partial charge is 0.270 e. The van der Waals surface area contributed by atoms with Crippen LogP contribution in [0.4, 0.5) is 5.69 Å². The number of hydrogen-bond acceptors (Lipinski definition) is 4. The van der Waals surface area contributed by atoms with E-state index in [1.165, 1.54) is 18.2 Å². The number of amides is 1. The zero-order valence-corrected chi connectivity index (χ0v) is 12.9.